The van der Waals surface area contributed by atoms with Crippen molar-refractivity contribution in [1.82, 2.24) is 0 Å². The van der Waals surface area contributed by atoms with Gasteiger partial charge in [0, 0.05) is 11.9 Å². The SMILES string of the molecule is CCCCOC(=O)c1ccc(NC=C(C#N)C(=O)OCC)cc1. The lowest BCUT2D eigenvalue weighted by Gasteiger charge is -2.06. The number of hydrogen-bond donors (Lipinski definition) is 1. The standard InChI is InChI=1S/C17H20N2O4/c1-3-5-10-23-16(20)13-6-8-15(9-7-13)19-12-14(11-18)17(21)22-4-2/h6-9,12,19H,3-5,10H2,1-2H3. The average molecular weight is 316 g/mol. The first-order valence-electron chi connectivity index (χ1n) is 7.43. The number of benzene rings is 1. The van der Waals surface area contributed by atoms with Gasteiger partial charge in [-0.3, -0.25) is 0 Å². The zero-order chi connectivity index (χ0) is 17.1. The molecule has 0 aliphatic heterocycles. The molecule has 1 aromatic rings. The van der Waals surface area contributed by atoms with Gasteiger partial charge in [0.2, 0.25) is 0 Å². The van der Waals surface area contributed by atoms with E-state index in [4.69, 9.17) is 14.7 Å². The molecule has 1 aromatic carbocycles. The minimum atomic E-state index is -0.682. The lowest BCUT2D eigenvalue weighted by molar-refractivity contribution is -0.138. The van der Waals surface area contributed by atoms with Crippen LogP contribution in [0.4, 0.5) is 5.69 Å². The van der Waals surface area contributed by atoms with Gasteiger partial charge in [0.05, 0.1) is 18.8 Å². The highest BCUT2D eigenvalue weighted by atomic mass is 16.5. The molecule has 6 nitrogen and oxygen atoms in total. The first kappa shape index (κ1) is 18.2. The Balaban J connectivity index is 2.65. The molecule has 0 aliphatic carbocycles. The quantitative estimate of drug-likeness (QED) is 0.343. The highest BCUT2D eigenvalue weighted by Gasteiger charge is 2.09. The Morgan fingerprint density at radius 3 is 2.48 bits per heavy atom. The molecule has 0 amide bonds. The van der Waals surface area contributed by atoms with E-state index in [1.165, 1.54) is 6.20 Å². The van der Waals surface area contributed by atoms with Crippen LogP contribution in [-0.2, 0) is 14.3 Å². The van der Waals surface area contributed by atoms with E-state index in [1.807, 2.05) is 6.92 Å². The van der Waals surface area contributed by atoms with Gasteiger partial charge in [0.1, 0.15) is 6.07 Å². The Morgan fingerprint density at radius 2 is 1.91 bits per heavy atom. The van der Waals surface area contributed by atoms with E-state index in [0.717, 1.165) is 12.8 Å². The van der Waals surface area contributed by atoms with Crippen LogP contribution in [0.1, 0.15) is 37.0 Å². The fourth-order valence-electron chi connectivity index (χ4n) is 1.60. The van der Waals surface area contributed by atoms with Crippen LogP contribution in [-0.4, -0.2) is 25.2 Å². The molecule has 0 aliphatic rings. The van der Waals surface area contributed by atoms with Gasteiger partial charge in [-0.2, -0.15) is 5.26 Å². The van der Waals surface area contributed by atoms with Crippen LogP contribution in [0, 0.1) is 11.3 Å². The van der Waals surface area contributed by atoms with Crippen LogP contribution < -0.4 is 5.32 Å². The lowest BCUT2D eigenvalue weighted by Crippen LogP contribution is -2.08. The highest BCUT2D eigenvalue weighted by Crippen LogP contribution is 2.11. The summed E-state index contributed by atoms with van der Waals surface area (Å²) in [6, 6.07) is 8.31. The molecule has 0 saturated heterocycles. The molecule has 0 fully saturated rings. The Morgan fingerprint density at radius 1 is 1.22 bits per heavy atom. The smallest absolute Gasteiger partial charge is 0.350 e. The normalized spacial score (nSPS) is 10.6. The molecule has 0 saturated carbocycles. The summed E-state index contributed by atoms with van der Waals surface area (Å²) in [6.45, 7) is 4.29. The van der Waals surface area contributed by atoms with E-state index < -0.39 is 5.97 Å². The number of rotatable bonds is 8. The summed E-state index contributed by atoms with van der Waals surface area (Å²) in [7, 11) is 0. The third kappa shape index (κ3) is 6.22. The van der Waals surface area contributed by atoms with Crippen LogP contribution >= 0.6 is 0 Å². The molecule has 0 aromatic heterocycles. The minimum Gasteiger partial charge on any atom is -0.462 e. The van der Waals surface area contributed by atoms with Crippen LogP contribution in [0.25, 0.3) is 0 Å². The van der Waals surface area contributed by atoms with Gasteiger partial charge >= 0.3 is 11.9 Å². The van der Waals surface area contributed by atoms with Gasteiger partial charge in [-0.05, 0) is 37.6 Å². The van der Waals surface area contributed by atoms with E-state index in [9.17, 15) is 9.59 Å². The first-order valence-corrected chi connectivity index (χ1v) is 7.43. The molecule has 6 heteroatoms. The fraction of sp³-hybridized carbons (Fsp3) is 0.353. The molecule has 0 spiro atoms. The van der Waals surface area contributed by atoms with Crippen molar-refractivity contribution < 1.29 is 19.1 Å². The first-order chi connectivity index (χ1) is 11.1. The number of carbonyl (C=O) groups is 2. The van der Waals surface area contributed by atoms with E-state index in [0.29, 0.717) is 17.9 Å². The summed E-state index contributed by atoms with van der Waals surface area (Å²) in [4.78, 5) is 23.2. The molecule has 0 atom stereocenters. The number of nitriles is 1. The third-order valence-corrected chi connectivity index (χ3v) is 2.85. The summed E-state index contributed by atoms with van der Waals surface area (Å²) in [5.41, 5.74) is 0.948. The van der Waals surface area contributed by atoms with Crippen molar-refractivity contribution in [3.05, 3.63) is 41.6 Å². The maximum absolute atomic E-state index is 11.7. The molecule has 23 heavy (non-hydrogen) atoms. The van der Waals surface area contributed by atoms with Crippen molar-refractivity contribution in [1.29, 1.82) is 5.26 Å². The van der Waals surface area contributed by atoms with Crippen LogP contribution in [0.2, 0.25) is 0 Å². The van der Waals surface area contributed by atoms with E-state index in [1.54, 1.807) is 37.3 Å². The Kier molecular flexibility index (Phi) is 7.94. The molecular formula is C17H20N2O4. The van der Waals surface area contributed by atoms with Crippen molar-refractivity contribution in [3.63, 3.8) is 0 Å². The third-order valence-electron chi connectivity index (χ3n) is 2.85. The highest BCUT2D eigenvalue weighted by molar-refractivity contribution is 5.93. The van der Waals surface area contributed by atoms with Crippen LogP contribution in [0.5, 0.6) is 0 Å². The molecule has 0 heterocycles. The number of hydrogen-bond acceptors (Lipinski definition) is 6. The zero-order valence-corrected chi connectivity index (χ0v) is 13.3. The largest absolute Gasteiger partial charge is 0.462 e. The second kappa shape index (κ2) is 10.0. The van der Waals surface area contributed by atoms with Crippen molar-refractivity contribution in [2.24, 2.45) is 0 Å². The number of ether oxygens (including phenoxy) is 2. The Bertz CT molecular complexity index is 600. The number of esters is 2. The maximum atomic E-state index is 11.7. The predicted octanol–water partition coefficient (Wildman–Crippen LogP) is 3.03. The number of anilines is 1. The molecule has 0 unspecified atom stereocenters. The van der Waals surface area contributed by atoms with Crippen LogP contribution in [0.3, 0.4) is 0 Å². The molecule has 0 bridgehead atoms. The number of nitrogens with zero attached hydrogens (tertiary/aromatic N) is 1. The summed E-state index contributed by atoms with van der Waals surface area (Å²) in [6.07, 6.45) is 3.07. The van der Waals surface area contributed by atoms with Crippen molar-refractivity contribution >= 4 is 17.6 Å². The maximum Gasteiger partial charge on any atom is 0.350 e. The summed E-state index contributed by atoms with van der Waals surface area (Å²) < 4.78 is 9.86. The topological polar surface area (TPSA) is 88.4 Å². The summed E-state index contributed by atoms with van der Waals surface area (Å²) in [5.74, 6) is -1.05. The predicted molar refractivity (Wildman–Crippen MR) is 85.6 cm³/mol. The van der Waals surface area contributed by atoms with Crippen molar-refractivity contribution in [2.75, 3.05) is 18.5 Å². The lowest BCUT2D eigenvalue weighted by atomic mass is 10.2. The minimum absolute atomic E-state index is 0.130. The van der Waals surface area contributed by atoms with Gasteiger partial charge in [-0.1, -0.05) is 13.3 Å². The average Bonchev–Trinajstić information content (AvgIpc) is 2.56. The van der Waals surface area contributed by atoms with Gasteiger partial charge < -0.3 is 14.8 Å². The van der Waals surface area contributed by atoms with Gasteiger partial charge in [-0.25, -0.2) is 9.59 Å². The van der Waals surface area contributed by atoms with Gasteiger partial charge in [-0.15, -0.1) is 0 Å². The fourth-order valence-corrected chi connectivity index (χ4v) is 1.60. The number of carbonyl (C=O) groups excluding carboxylic acids is 2. The molecule has 1 rings (SSSR count). The Labute approximate surface area is 135 Å². The van der Waals surface area contributed by atoms with E-state index in [2.05, 4.69) is 5.32 Å². The second-order valence-corrected chi connectivity index (χ2v) is 4.60. The molecular weight excluding hydrogens is 296 g/mol. The van der Waals surface area contributed by atoms with Gasteiger partial charge in [0.25, 0.3) is 0 Å². The van der Waals surface area contributed by atoms with Crippen molar-refractivity contribution in [3.8, 4) is 6.07 Å². The Hall–Kier alpha value is -2.81. The molecule has 122 valence electrons. The van der Waals surface area contributed by atoms with E-state index in [-0.39, 0.29) is 18.1 Å². The van der Waals surface area contributed by atoms with Crippen LogP contribution in [0.15, 0.2) is 36.0 Å². The summed E-state index contributed by atoms with van der Waals surface area (Å²) >= 11 is 0. The monoisotopic (exact) mass is 316 g/mol. The summed E-state index contributed by atoms with van der Waals surface area (Å²) in [5, 5.41) is 11.7. The van der Waals surface area contributed by atoms with Crippen molar-refractivity contribution in [2.45, 2.75) is 26.7 Å². The molecule has 1 N–H and O–H groups in total. The van der Waals surface area contributed by atoms with Gasteiger partial charge in [0.15, 0.2) is 5.57 Å². The molecule has 0 radical (unpaired) electrons. The number of unbranched alkanes of at least 4 members (excludes halogenated alkanes) is 1. The zero-order valence-electron chi connectivity index (χ0n) is 13.3. The van der Waals surface area contributed by atoms with E-state index >= 15 is 0 Å². The second-order valence-electron chi connectivity index (χ2n) is 4.60. The number of nitrogens with one attached hydrogen (secondary N) is 1.